The number of nitrogens with one attached hydrogen (secondary N) is 2. The van der Waals surface area contributed by atoms with Crippen LogP contribution in [0.15, 0.2) is 18.2 Å². The molecule has 1 fully saturated rings. The number of nitrogens with two attached hydrogens (primary N) is 1. The SMILES string of the molecule is COC(=O)c1cc(NC(=O)[C@H]2CC(=O)Nc3nc(N4CCCCC4)nc(N)c32)cc(C(=O)OC)c1. The second-order valence-corrected chi connectivity index (χ2v) is 8.30. The molecule has 1 aromatic heterocycles. The average molecular weight is 482 g/mol. The van der Waals surface area contributed by atoms with Crippen LogP contribution in [0.3, 0.4) is 0 Å². The summed E-state index contributed by atoms with van der Waals surface area (Å²) in [6, 6.07) is 4.02. The molecular weight excluding hydrogens is 456 g/mol. The highest BCUT2D eigenvalue weighted by Gasteiger charge is 2.35. The molecule has 4 N–H and O–H groups in total. The van der Waals surface area contributed by atoms with Gasteiger partial charge in [-0.2, -0.15) is 9.97 Å². The number of carbonyl (C=O) groups is 4. The lowest BCUT2D eigenvalue weighted by Gasteiger charge is -2.30. The summed E-state index contributed by atoms with van der Waals surface area (Å²) in [5.41, 5.74) is 6.80. The van der Waals surface area contributed by atoms with E-state index in [1.54, 1.807) is 0 Å². The van der Waals surface area contributed by atoms with Gasteiger partial charge < -0.3 is 30.7 Å². The fraction of sp³-hybridized carbons (Fsp3) is 0.391. The van der Waals surface area contributed by atoms with E-state index in [0.29, 0.717) is 11.5 Å². The van der Waals surface area contributed by atoms with Gasteiger partial charge in [-0.15, -0.1) is 0 Å². The number of anilines is 4. The molecule has 0 bridgehead atoms. The van der Waals surface area contributed by atoms with Gasteiger partial charge in [0.05, 0.1) is 36.8 Å². The van der Waals surface area contributed by atoms with Gasteiger partial charge in [-0.1, -0.05) is 0 Å². The first-order valence-electron chi connectivity index (χ1n) is 11.2. The first-order valence-corrected chi connectivity index (χ1v) is 11.2. The van der Waals surface area contributed by atoms with E-state index < -0.39 is 23.8 Å². The number of nitrogens with zero attached hydrogens (tertiary/aromatic N) is 3. The van der Waals surface area contributed by atoms with Gasteiger partial charge in [-0.25, -0.2) is 9.59 Å². The number of methoxy groups -OCH3 is 2. The number of aromatic nitrogens is 2. The average Bonchev–Trinajstić information content (AvgIpc) is 2.87. The van der Waals surface area contributed by atoms with Gasteiger partial charge in [0.1, 0.15) is 11.6 Å². The Morgan fingerprint density at radius 3 is 2.26 bits per heavy atom. The van der Waals surface area contributed by atoms with Crippen molar-refractivity contribution < 1.29 is 28.7 Å². The molecule has 2 aliphatic heterocycles. The Kier molecular flexibility index (Phi) is 6.80. The predicted octanol–water partition coefficient (Wildman–Crippen LogP) is 1.69. The summed E-state index contributed by atoms with van der Waals surface area (Å²) >= 11 is 0. The van der Waals surface area contributed by atoms with Crippen molar-refractivity contribution >= 4 is 47.0 Å². The molecule has 0 radical (unpaired) electrons. The minimum Gasteiger partial charge on any atom is -0.465 e. The molecule has 0 spiro atoms. The van der Waals surface area contributed by atoms with Crippen molar-refractivity contribution in [1.82, 2.24) is 9.97 Å². The highest BCUT2D eigenvalue weighted by atomic mass is 16.5. The zero-order valence-electron chi connectivity index (χ0n) is 19.4. The van der Waals surface area contributed by atoms with Crippen LogP contribution in [-0.4, -0.2) is 61.0 Å². The third-order valence-corrected chi connectivity index (χ3v) is 5.96. The third kappa shape index (κ3) is 5.00. The lowest BCUT2D eigenvalue weighted by Crippen LogP contribution is -2.35. The van der Waals surface area contributed by atoms with Crippen LogP contribution in [0, 0.1) is 0 Å². The van der Waals surface area contributed by atoms with E-state index in [1.165, 1.54) is 32.4 Å². The van der Waals surface area contributed by atoms with E-state index >= 15 is 0 Å². The third-order valence-electron chi connectivity index (χ3n) is 5.96. The molecule has 4 rings (SSSR count). The van der Waals surface area contributed by atoms with Gasteiger partial charge in [-0.3, -0.25) is 9.59 Å². The minimum atomic E-state index is -0.975. The van der Waals surface area contributed by atoms with E-state index in [4.69, 9.17) is 15.2 Å². The first-order chi connectivity index (χ1) is 16.8. The summed E-state index contributed by atoms with van der Waals surface area (Å²) in [5, 5.41) is 5.35. The Labute approximate surface area is 201 Å². The maximum absolute atomic E-state index is 13.3. The van der Waals surface area contributed by atoms with Crippen LogP contribution >= 0.6 is 0 Å². The van der Waals surface area contributed by atoms with Crippen molar-refractivity contribution in [3.63, 3.8) is 0 Å². The lowest BCUT2D eigenvalue weighted by molar-refractivity contribution is -0.123. The molecule has 35 heavy (non-hydrogen) atoms. The summed E-state index contributed by atoms with van der Waals surface area (Å²) < 4.78 is 9.45. The van der Waals surface area contributed by atoms with Crippen molar-refractivity contribution in [1.29, 1.82) is 0 Å². The topological polar surface area (TPSA) is 166 Å². The molecule has 12 nitrogen and oxygen atoms in total. The Bertz CT molecular complexity index is 1160. The zero-order valence-corrected chi connectivity index (χ0v) is 19.4. The fourth-order valence-electron chi connectivity index (χ4n) is 4.24. The molecule has 1 aromatic carbocycles. The van der Waals surface area contributed by atoms with Crippen molar-refractivity contribution in [3.05, 3.63) is 34.9 Å². The summed E-state index contributed by atoms with van der Waals surface area (Å²) in [6.07, 6.45) is 2.98. The normalized spacial score (nSPS) is 17.1. The summed E-state index contributed by atoms with van der Waals surface area (Å²) in [7, 11) is 2.40. The Morgan fingerprint density at radius 2 is 1.66 bits per heavy atom. The van der Waals surface area contributed by atoms with Gasteiger partial charge in [0.25, 0.3) is 0 Å². The maximum Gasteiger partial charge on any atom is 0.337 e. The van der Waals surface area contributed by atoms with Crippen LogP contribution in [-0.2, 0) is 19.1 Å². The number of amides is 2. The monoisotopic (exact) mass is 482 g/mol. The van der Waals surface area contributed by atoms with Gasteiger partial charge in [0.15, 0.2) is 0 Å². The van der Waals surface area contributed by atoms with Crippen LogP contribution < -0.4 is 21.3 Å². The summed E-state index contributed by atoms with van der Waals surface area (Å²) in [4.78, 5) is 60.7. The zero-order chi connectivity index (χ0) is 25.1. The van der Waals surface area contributed by atoms with E-state index in [9.17, 15) is 19.2 Å². The largest absolute Gasteiger partial charge is 0.465 e. The molecule has 2 aromatic rings. The molecule has 2 aliphatic rings. The van der Waals surface area contributed by atoms with E-state index in [-0.39, 0.29) is 40.8 Å². The molecule has 184 valence electrons. The fourth-order valence-corrected chi connectivity index (χ4v) is 4.24. The molecular formula is C23H26N6O6. The molecule has 0 aliphatic carbocycles. The van der Waals surface area contributed by atoms with Gasteiger partial charge in [-0.05, 0) is 37.5 Å². The number of piperidine rings is 1. The number of hydrogen-bond acceptors (Lipinski definition) is 10. The number of esters is 2. The van der Waals surface area contributed by atoms with E-state index in [0.717, 1.165) is 32.4 Å². The molecule has 0 unspecified atom stereocenters. The quantitative estimate of drug-likeness (QED) is 0.534. The van der Waals surface area contributed by atoms with Crippen molar-refractivity contribution in [2.45, 2.75) is 31.6 Å². The number of carbonyl (C=O) groups excluding carboxylic acids is 4. The van der Waals surface area contributed by atoms with E-state index in [2.05, 4.69) is 20.6 Å². The minimum absolute atomic E-state index is 0.0431. The second kappa shape index (κ2) is 9.95. The number of nitrogen functional groups attached to an aromatic ring is 1. The highest BCUT2D eigenvalue weighted by molar-refractivity contribution is 6.06. The van der Waals surface area contributed by atoms with Crippen molar-refractivity contribution in [2.24, 2.45) is 0 Å². The number of fused-ring (bicyclic) bond motifs is 1. The molecule has 1 atom stereocenters. The number of rotatable bonds is 5. The van der Waals surface area contributed by atoms with Crippen LogP contribution in [0.2, 0.25) is 0 Å². The summed E-state index contributed by atoms with van der Waals surface area (Å²) in [5.74, 6) is -2.61. The van der Waals surface area contributed by atoms with Gasteiger partial charge in [0.2, 0.25) is 17.8 Å². The Balaban J connectivity index is 1.65. The first kappa shape index (κ1) is 23.9. The second-order valence-electron chi connectivity index (χ2n) is 8.30. The van der Waals surface area contributed by atoms with Crippen molar-refractivity contribution in [2.75, 3.05) is 48.6 Å². The molecule has 0 saturated carbocycles. The molecule has 1 saturated heterocycles. The summed E-state index contributed by atoms with van der Waals surface area (Å²) in [6.45, 7) is 1.57. The number of ether oxygens (including phenoxy) is 2. The standard InChI is InChI=1S/C23H26N6O6/c1-34-21(32)12-8-13(22(33)35-2)10-14(9-12)25-20(31)15-11-16(30)26-19-17(15)18(24)27-23(28-19)29-6-4-3-5-7-29/h8-10,15H,3-7,11H2,1-2H3,(H,25,31)(H3,24,26,27,28,30)/t15-/m0/s1. The van der Waals surface area contributed by atoms with Crippen molar-refractivity contribution in [3.8, 4) is 0 Å². The Hall–Kier alpha value is -4.22. The molecule has 2 amide bonds. The van der Waals surface area contributed by atoms with E-state index in [1.807, 2.05) is 4.90 Å². The van der Waals surface area contributed by atoms with Crippen LogP contribution in [0.4, 0.5) is 23.3 Å². The van der Waals surface area contributed by atoms with Crippen LogP contribution in [0.25, 0.3) is 0 Å². The maximum atomic E-state index is 13.3. The van der Waals surface area contributed by atoms with Gasteiger partial charge >= 0.3 is 11.9 Å². The van der Waals surface area contributed by atoms with Crippen LogP contribution in [0.5, 0.6) is 0 Å². The predicted molar refractivity (Wildman–Crippen MR) is 126 cm³/mol. The smallest absolute Gasteiger partial charge is 0.337 e. The Morgan fingerprint density at radius 1 is 1.03 bits per heavy atom. The number of hydrogen-bond donors (Lipinski definition) is 3. The number of benzene rings is 1. The molecule has 12 heteroatoms. The lowest BCUT2D eigenvalue weighted by atomic mass is 9.91. The van der Waals surface area contributed by atoms with Crippen LogP contribution in [0.1, 0.15) is 57.9 Å². The molecule has 3 heterocycles. The van der Waals surface area contributed by atoms with Gasteiger partial charge in [0, 0.05) is 25.2 Å². The highest BCUT2D eigenvalue weighted by Crippen LogP contribution is 2.37.